The van der Waals surface area contributed by atoms with Gasteiger partial charge in [0, 0.05) is 31.7 Å². The Morgan fingerprint density at radius 3 is 1.69 bits per heavy atom. The second-order valence-electron chi connectivity index (χ2n) is 7.07. The van der Waals surface area contributed by atoms with Crippen molar-refractivity contribution >= 4 is 12.0 Å². The molecular formula is C21H18F6N2O3. The molecule has 172 valence electrons. The van der Waals surface area contributed by atoms with Crippen LogP contribution in [0.1, 0.15) is 10.4 Å². The Bertz CT molecular complexity index is 923. The molecule has 2 aromatic carbocycles. The van der Waals surface area contributed by atoms with Crippen molar-refractivity contribution in [3.63, 3.8) is 0 Å². The predicted octanol–water partition coefficient (Wildman–Crippen LogP) is 4.74. The van der Waals surface area contributed by atoms with Crippen LogP contribution in [0, 0.1) is 0 Å². The van der Waals surface area contributed by atoms with Crippen molar-refractivity contribution in [1.29, 1.82) is 0 Å². The van der Waals surface area contributed by atoms with Crippen LogP contribution in [-0.4, -0.2) is 66.4 Å². The van der Waals surface area contributed by atoms with Gasteiger partial charge in [-0.1, -0.05) is 42.5 Å². The molecule has 0 saturated carbocycles. The fourth-order valence-electron chi connectivity index (χ4n) is 3.21. The van der Waals surface area contributed by atoms with E-state index in [-0.39, 0.29) is 32.1 Å². The van der Waals surface area contributed by atoms with E-state index < -0.39 is 24.5 Å². The minimum Gasteiger partial charge on any atom is -0.426 e. The molecule has 1 aliphatic rings. The largest absolute Gasteiger partial charge is 0.434 e. The summed E-state index contributed by atoms with van der Waals surface area (Å²) >= 11 is 0. The quantitative estimate of drug-likeness (QED) is 0.622. The number of alkyl halides is 6. The number of hydrogen-bond donors (Lipinski definition) is 0. The van der Waals surface area contributed by atoms with Crippen molar-refractivity contribution in [3.05, 3.63) is 60.2 Å². The van der Waals surface area contributed by atoms with Gasteiger partial charge >= 0.3 is 18.4 Å². The fourth-order valence-corrected chi connectivity index (χ4v) is 3.21. The van der Waals surface area contributed by atoms with Gasteiger partial charge in [-0.25, -0.2) is 4.79 Å². The number of nitrogens with zero attached hydrogens (tertiary/aromatic N) is 2. The Labute approximate surface area is 179 Å². The smallest absolute Gasteiger partial charge is 0.426 e. The minimum atomic E-state index is -5.78. The molecule has 3 rings (SSSR count). The highest BCUT2D eigenvalue weighted by molar-refractivity contribution is 5.95. The van der Waals surface area contributed by atoms with E-state index in [1.165, 1.54) is 4.90 Å². The monoisotopic (exact) mass is 460 g/mol. The topological polar surface area (TPSA) is 49.9 Å². The van der Waals surface area contributed by atoms with Crippen molar-refractivity contribution in [3.8, 4) is 11.1 Å². The second-order valence-corrected chi connectivity index (χ2v) is 7.07. The van der Waals surface area contributed by atoms with Crippen LogP contribution in [0.4, 0.5) is 31.1 Å². The maximum Gasteiger partial charge on any atom is 0.434 e. The van der Waals surface area contributed by atoms with Gasteiger partial charge in [-0.2, -0.15) is 26.3 Å². The van der Waals surface area contributed by atoms with Crippen molar-refractivity contribution in [2.75, 3.05) is 26.2 Å². The van der Waals surface area contributed by atoms with E-state index in [4.69, 9.17) is 0 Å². The minimum absolute atomic E-state index is 0.0585. The van der Waals surface area contributed by atoms with Gasteiger partial charge < -0.3 is 14.5 Å². The summed E-state index contributed by atoms with van der Waals surface area (Å²) < 4.78 is 79.1. The average molecular weight is 460 g/mol. The number of benzene rings is 2. The number of rotatable bonds is 3. The van der Waals surface area contributed by atoms with Crippen LogP contribution < -0.4 is 0 Å². The molecule has 1 saturated heterocycles. The van der Waals surface area contributed by atoms with Crippen LogP contribution in [0.5, 0.6) is 0 Å². The zero-order valence-electron chi connectivity index (χ0n) is 16.5. The van der Waals surface area contributed by atoms with Crippen LogP contribution in [0.2, 0.25) is 0 Å². The Morgan fingerprint density at radius 2 is 1.19 bits per heavy atom. The van der Waals surface area contributed by atoms with Crippen LogP contribution >= 0.6 is 0 Å². The Morgan fingerprint density at radius 1 is 0.719 bits per heavy atom. The molecule has 1 heterocycles. The van der Waals surface area contributed by atoms with E-state index >= 15 is 0 Å². The van der Waals surface area contributed by atoms with Crippen LogP contribution in [0.3, 0.4) is 0 Å². The summed E-state index contributed by atoms with van der Waals surface area (Å²) in [7, 11) is 0. The van der Waals surface area contributed by atoms with E-state index in [0.717, 1.165) is 11.1 Å². The Hall–Kier alpha value is -3.24. The first kappa shape index (κ1) is 23.4. The van der Waals surface area contributed by atoms with Gasteiger partial charge in [0.1, 0.15) is 0 Å². The van der Waals surface area contributed by atoms with Gasteiger partial charge in [0.25, 0.3) is 12.0 Å². The molecule has 0 atom stereocenters. The lowest BCUT2D eigenvalue weighted by molar-refractivity contribution is -0.308. The van der Waals surface area contributed by atoms with E-state index in [0.29, 0.717) is 10.5 Å². The van der Waals surface area contributed by atoms with Crippen molar-refractivity contribution in [1.82, 2.24) is 9.80 Å². The van der Waals surface area contributed by atoms with E-state index in [2.05, 4.69) is 4.74 Å². The highest BCUT2D eigenvalue weighted by Gasteiger charge is 2.60. The molecule has 32 heavy (non-hydrogen) atoms. The SMILES string of the molecule is O=C(OC(C(F)(F)F)C(F)(F)F)N1CCN(C(=O)c2ccc(-c3ccccc3)cc2)CC1. The molecule has 0 spiro atoms. The molecule has 0 unspecified atom stereocenters. The zero-order valence-corrected chi connectivity index (χ0v) is 16.5. The average Bonchev–Trinajstić information content (AvgIpc) is 2.76. The maximum atomic E-state index is 12.7. The highest BCUT2D eigenvalue weighted by atomic mass is 19.4. The summed E-state index contributed by atoms with van der Waals surface area (Å²) in [5.74, 6) is -0.360. The summed E-state index contributed by atoms with van der Waals surface area (Å²) in [6.45, 7) is -0.627. The molecule has 5 nitrogen and oxygen atoms in total. The molecule has 2 amide bonds. The highest BCUT2D eigenvalue weighted by Crippen LogP contribution is 2.36. The fraction of sp³-hybridized carbons (Fsp3) is 0.333. The van der Waals surface area contributed by atoms with Crippen LogP contribution in [0.25, 0.3) is 11.1 Å². The molecule has 0 aliphatic carbocycles. The van der Waals surface area contributed by atoms with Crippen LogP contribution in [0.15, 0.2) is 54.6 Å². The number of ether oxygens (including phenoxy) is 1. The molecule has 0 bridgehead atoms. The summed E-state index contributed by atoms with van der Waals surface area (Å²) in [5, 5.41) is 0. The van der Waals surface area contributed by atoms with Crippen molar-refractivity contribution in [2.24, 2.45) is 0 Å². The number of hydrogen-bond acceptors (Lipinski definition) is 3. The molecule has 1 fully saturated rings. The van der Waals surface area contributed by atoms with Gasteiger partial charge in [-0.15, -0.1) is 0 Å². The van der Waals surface area contributed by atoms with Crippen molar-refractivity contribution in [2.45, 2.75) is 18.5 Å². The molecule has 1 aliphatic heterocycles. The van der Waals surface area contributed by atoms with Gasteiger partial charge in [0.15, 0.2) is 0 Å². The third-order valence-corrected chi connectivity index (χ3v) is 4.88. The Kier molecular flexibility index (Phi) is 6.65. The number of carbonyl (C=O) groups is 2. The standard InChI is InChI=1S/C21H18F6N2O3/c22-20(23,24)18(21(25,26)27)32-19(31)29-12-10-28(11-13-29)17(30)16-8-6-15(7-9-16)14-4-2-1-3-5-14/h1-9,18H,10-13H2. The number of piperazine rings is 1. The first-order valence-electron chi connectivity index (χ1n) is 9.50. The first-order chi connectivity index (χ1) is 15.0. The lowest BCUT2D eigenvalue weighted by atomic mass is 10.0. The lowest BCUT2D eigenvalue weighted by Gasteiger charge is -2.35. The second kappa shape index (κ2) is 9.09. The van der Waals surface area contributed by atoms with E-state index in [9.17, 15) is 35.9 Å². The third-order valence-electron chi connectivity index (χ3n) is 4.88. The summed E-state index contributed by atoms with van der Waals surface area (Å²) in [6.07, 6.45) is -17.5. The van der Waals surface area contributed by atoms with Gasteiger partial charge in [-0.3, -0.25) is 4.79 Å². The molecule has 2 aromatic rings. The first-order valence-corrected chi connectivity index (χ1v) is 9.50. The predicted molar refractivity (Wildman–Crippen MR) is 102 cm³/mol. The maximum absolute atomic E-state index is 12.7. The molecule has 0 N–H and O–H groups in total. The number of carbonyl (C=O) groups excluding carboxylic acids is 2. The summed E-state index contributed by atoms with van der Waals surface area (Å²) in [5.41, 5.74) is 2.24. The normalized spacial score (nSPS) is 15.1. The molecular weight excluding hydrogens is 442 g/mol. The van der Waals surface area contributed by atoms with Gasteiger partial charge in [0.2, 0.25) is 0 Å². The Balaban J connectivity index is 1.58. The van der Waals surface area contributed by atoms with Crippen LogP contribution in [-0.2, 0) is 4.74 Å². The number of halogens is 6. The molecule has 0 radical (unpaired) electrons. The summed E-state index contributed by atoms with van der Waals surface area (Å²) in [6, 6.07) is 16.3. The molecule has 0 aromatic heterocycles. The van der Waals surface area contributed by atoms with Crippen molar-refractivity contribution < 1.29 is 40.7 Å². The molecule has 11 heteroatoms. The third kappa shape index (κ3) is 5.51. The zero-order chi connectivity index (χ0) is 23.5. The van der Waals surface area contributed by atoms with Gasteiger partial charge in [0.05, 0.1) is 0 Å². The summed E-state index contributed by atoms with van der Waals surface area (Å²) in [4.78, 5) is 26.6. The van der Waals surface area contributed by atoms with E-state index in [1.807, 2.05) is 30.3 Å². The lowest BCUT2D eigenvalue weighted by Crippen LogP contribution is -2.53. The number of amides is 2. The van der Waals surface area contributed by atoms with E-state index in [1.54, 1.807) is 24.3 Å². The van der Waals surface area contributed by atoms with Gasteiger partial charge in [-0.05, 0) is 23.3 Å².